The Balaban J connectivity index is 1.39. The number of fused-ring (bicyclic) bond motifs is 8. The Morgan fingerprint density at radius 1 is 0.943 bits per heavy atom. The van der Waals surface area contributed by atoms with E-state index in [9.17, 15) is 4.79 Å². The minimum Gasteiger partial charge on any atom is -0.454 e. The number of ether oxygens (including phenoxy) is 3. The van der Waals surface area contributed by atoms with Crippen LogP contribution in [-0.2, 0) is 15.6 Å². The van der Waals surface area contributed by atoms with Gasteiger partial charge in [0.1, 0.15) is 11.2 Å². The smallest absolute Gasteiger partial charge is 0.324 e. The molecule has 0 spiro atoms. The van der Waals surface area contributed by atoms with Crippen molar-refractivity contribution in [1.82, 2.24) is 9.97 Å². The van der Waals surface area contributed by atoms with Crippen LogP contribution in [0.1, 0.15) is 45.0 Å². The van der Waals surface area contributed by atoms with Gasteiger partial charge in [-0.05, 0) is 51.0 Å². The molecule has 4 aromatic rings. The second-order valence-electron chi connectivity index (χ2n) is 10.5. The van der Waals surface area contributed by atoms with Crippen LogP contribution in [0.5, 0.6) is 17.2 Å². The molecule has 35 heavy (non-hydrogen) atoms. The average Bonchev–Trinajstić information content (AvgIpc) is 3.42. The molecular weight excluding hydrogens is 508 g/mol. The normalized spacial score (nSPS) is 25.3. The molecule has 1 saturated carbocycles. The van der Waals surface area contributed by atoms with Crippen LogP contribution in [0, 0.1) is 5.41 Å². The molecule has 0 radical (unpaired) electrons. The Bertz CT molecular complexity index is 1600. The summed E-state index contributed by atoms with van der Waals surface area (Å²) >= 11 is 3.67. The van der Waals surface area contributed by atoms with Gasteiger partial charge in [-0.15, -0.1) is 0 Å². The van der Waals surface area contributed by atoms with Gasteiger partial charge in [0.25, 0.3) is 0 Å². The summed E-state index contributed by atoms with van der Waals surface area (Å²) in [7, 11) is 0. The first-order valence-electron chi connectivity index (χ1n) is 11.8. The molecule has 1 aliphatic heterocycles. The number of hydrogen-bond acceptors (Lipinski definition) is 6. The van der Waals surface area contributed by atoms with E-state index in [1.807, 2.05) is 48.5 Å². The van der Waals surface area contributed by atoms with Crippen molar-refractivity contribution in [3.8, 4) is 17.2 Å². The van der Waals surface area contributed by atoms with Crippen LogP contribution < -0.4 is 14.2 Å². The number of halogens is 1. The average molecular weight is 531 g/mol. The topological polar surface area (TPSA) is 70.5 Å². The lowest BCUT2D eigenvalue weighted by molar-refractivity contribution is -0.145. The van der Waals surface area contributed by atoms with E-state index in [1.54, 1.807) is 0 Å². The predicted molar refractivity (Wildman–Crippen MR) is 135 cm³/mol. The van der Waals surface area contributed by atoms with Gasteiger partial charge < -0.3 is 14.2 Å². The number of carbonyl (C=O) groups is 1. The van der Waals surface area contributed by atoms with E-state index in [-0.39, 0.29) is 18.2 Å². The zero-order chi connectivity index (χ0) is 24.2. The first-order chi connectivity index (χ1) is 16.8. The summed E-state index contributed by atoms with van der Waals surface area (Å²) in [5.41, 5.74) is 1.41. The third-order valence-corrected chi connectivity index (χ3v) is 9.73. The summed E-state index contributed by atoms with van der Waals surface area (Å²) in [6, 6.07) is 15.6. The first kappa shape index (κ1) is 21.1. The van der Waals surface area contributed by atoms with Crippen molar-refractivity contribution in [2.24, 2.45) is 5.41 Å². The van der Waals surface area contributed by atoms with Gasteiger partial charge in [-0.1, -0.05) is 51.1 Å². The number of carbonyl (C=O) groups excluding carboxylic acids is 1. The van der Waals surface area contributed by atoms with Gasteiger partial charge in [-0.2, -0.15) is 0 Å². The lowest BCUT2D eigenvalue weighted by Crippen LogP contribution is -2.48. The fourth-order valence-electron chi connectivity index (χ4n) is 6.42. The molecule has 0 amide bonds. The van der Waals surface area contributed by atoms with Crippen LogP contribution in [0.15, 0.2) is 53.0 Å². The number of esters is 1. The highest BCUT2D eigenvalue weighted by molar-refractivity contribution is 9.10. The minimum absolute atomic E-state index is 0.188. The second-order valence-corrected chi connectivity index (χ2v) is 11.3. The van der Waals surface area contributed by atoms with E-state index >= 15 is 0 Å². The summed E-state index contributed by atoms with van der Waals surface area (Å²) in [4.78, 5) is 24.3. The number of nitrogens with zero attached hydrogens (tertiary/aromatic N) is 2. The van der Waals surface area contributed by atoms with E-state index in [1.165, 1.54) is 0 Å². The van der Waals surface area contributed by atoms with Crippen LogP contribution in [0.2, 0.25) is 0 Å². The Kier molecular flexibility index (Phi) is 4.06. The molecule has 0 saturated heterocycles. The molecule has 6 nitrogen and oxygen atoms in total. The van der Waals surface area contributed by atoms with Gasteiger partial charge in [0.2, 0.25) is 6.79 Å². The van der Waals surface area contributed by atoms with E-state index < -0.39 is 10.8 Å². The standard InChI is InChI=1S/C28H23BrN2O4/c1-26(2)27(3)10-11-28(26,25(32)35-19-9-8-15-6-4-5-7-16(15)22(19)29)24-23(27)30-17-12-20-21(34-14-33-20)13-18(17)31-24/h4-9,12-13H,10-11,14H2,1-3H3. The Morgan fingerprint density at radius 2 is 1.63 bits per heavy atom. The molecule has 3 aliphatic rings. The van der Waals surface area contributed by atoms with Crippen LogP contribution in [0.4, 0.5) is 0 Å². The molecule has 2 aliphatic carbocycles. The van der Waals surface area contributed by atoms with Gasteiger partial charge in [-0.3, -0.25) is 4.79 Å². The summed E-state index contributed by atoms with van der Waals surface area (Å²) in [5, 5.41) is 2.08. The molecule has 2 heterocycles. The van der Waals surface area contributed by atoms with Gasteiger partial charge in [0.15, 0.2) is 11.5 Å². The molecule has 1 aromatic heterocycles. The number of rotatable bonds is 2. The van der Waals surface area contributed by atoms with Crippen LogP contribution in [0.25, 0.3) is 21.8 Å². The summed E-state index contributed by atoms with van der Waals surface area (Å²) in [6.07, 6.45) is 1.50. The van der Waals surface area contributed by atoms with E-state index in [2.05, 4.69) is 36.7 Å². The molecular formula is C28H23BrN2O4. The summed E-state index contributed by atoms with van der Waals surface area (Å²) in [6.45, 7) is 6.69. The molecule has 1 fully saturated rings. The van der Waals surface area contributed by atoms with Crippen molar-refractivity contribution in [3.63, 3.8) is 0 Å². The number of hydrogen-bond donors (Lipinski definition) is 0. The van der Waals surface area contributed by atoms with Gasteiger partial charge in [-0.25, -0.2) is 9.97 Å². The highest BCUT2D eigenvalue weighted by atomic mass is 79.9. The maximum absolute atomic E-state index is 14.2. The fraction of sp³-hybridized carbons (Fsp3) is 0.321. The van der Waals surface area contributed by atoms with E-state index in [4.69, 9.17) is 24.2 Å². The van der Waals surface area contributed by atoms with Crippen molar-refractivity contribution in [3.05, 3.63) is 64.4 Å². The lowest BCUT2D eigenvalue weighted by Gasteiger charge is -2.38. The highest BCUT2D eigenvalue weighted by Crippen LogP contribution is 2.70. The van der Waals surface area contributed by atoms with Crippen molar-refractivity contribution >= 4 is 43.7 Å². The Morgan fingerprint density at radius 3 is 2.37 bits per heavy atom. The quantitative estimate of drug-likeness (QED) is 0.226. The highest BCUT2D eigenvalue weighted by Gasteiger charge is 2.74. The zero-order valence-electron chi connectivity index (χ0n) is 19.6. The Hall–Kier alpha value is -3.19. The largest absolute Gasteiger partial charge is 0.454 e. The lowest BCUT2D eigenvalue weighted by atomic mass is 9.64. The third-order valence-electron chi connectivity index (χ3n) is 8.91. The van der Waals surface area contributed by atoms with E-state index in [0.29, 0.717) is 29.2 Å². The van der Waals surface area contributed by atoms with E-state index in [0.717, 1.165) is 38.6 Å². The van der Waals surface area contributed by atoms with Crippen molar-refractivity contribution in [2.45, 2.75) is 44.4 Å². The van der Waals surface area contributed by atoms with Crippen LogP contribution in [-0.4, -0.2) is 22.7 Å². The zero-order valence-corrected chi connectivity index (χ0v) is 21.2. The van der Waals surface area contributed by atoms with Gasteiger partial charge in [0, 0.05) is 17.5 Å². The monoisotopic (exact) mass is 530 g/mol. The predicted octanol–water partition coefficient (Wildman–Crippen LogP) is 6.21. The summed E-state index contributed by atoms with van der Waals surface area (Å²) in [5.74, 6) is 1.56. The molecule has 2 bridgehead atoms. The van der Waals surface area contributed by atoms with Crippen molar-refractivity contribution in [2.75, 3.05) is 6.79 Å². The molecule has 2 atom stereocenters. The fourth-order valence-corrected chi connectivity index (χ4v) is 7.00. The maximum atomic E-state index is 14.2. The van der Waals surface area contributed by atoms with Gasteiger partial charge >= 0.3 is 5.97 Å². The summed E-state index contributed by atoms with van der Waals surface area (Å²) < 4.78 is 18.1. The van der Waals surface area contributed by atoms with Gasteiger partial charge in [0.05, 0.1) is 26.9 Å². The third kappa shape index (κ3) is 2.47. The second kappa shape index (κ2) is 6.72. The Labute approximate surface area is 210 Å². The molecule has 0 N–H and O–H groups in total. The number of aromatic nitrogens is 2. The first-order valence-corrected chi connectivity index (χ1v) is 12.6. The van der Waals surface area contributed by atoms with Crippen molar-refractivity contribution in [1.29, 1.82) is 0 Å². The maximum Gasteiger partial charge on any atom is 0.324 e. The molecule has 176 valence electrons. The minimum atomic E-state index is -0.903. The molecule has 7 heteroatoms. The SMILES string of the molecule is CC12CCC(C(=O)Oc3ccc4ccccc4c3Br)(c3nc4cc5c(cc4nc31)OCO5)C2(C)C. The molecule has 3 aromatic carbocycles. The molecule has 7 rings (SSSR count). The molecule has 2 unspecified atom stereocenters. The van der Waals surface area contributed by atoms with Crippen LogP contribution >= 0.6 is 15.9 Å². The number of benzene rings is 3. The van der Waals surface area contributed by atoms with Crippen LogP contribution in [0.3, 0.4) is 0 Å². The van der Waals surface area contributed by atoms with Crippen molar-refractivity contribution < 1.29 is 19.0 Å².